The van der Waals surface area contributed by atoms with Crippen molar-refractivity contribution in [3.05, 3.63) is 27.7 Å². The van der Waals surface area contributed by atoms with Crippen molar-refractivity contribution >= 4 is 28.3 Å². The minimum absolute atomic E-state index is 0. The molecule has 0 saturated heterocycles. The summed E-state index contributed by atoms with van der Waals surface area (Å²) in [5.41, 5.74) is 5.82. The van der Waals surface area contributed by atoms with Gasteiger partial charge in [0, 0.05) is 11.6 Å². The number of benzene rings is 1. The summed E-state index contributed by atoms with van der Waals surface area (Å²) < 4.78 is 25.9. The van der Waals surface area contributed by atoms with E-state index in [9.17, 15) is 13.9 Å². The number of rotatable bonds is 2. The molecule has 1 rings (SSSR count). The molecular weight excluding hydrogens is 291 g/mol. The van der Waals surface area contributed by atoms with Crippen LogP contribution in [0.3, 0.4) is 0 Å². The van der Waals surface area contributed by atoms with Crippen LogP contribution in [-0.2, 0) is 0 Å². The van der Waals surface area contributed by atoms with E-state index in [-0.39, 0.29) is 22.4 Å². The number of nitrogens with two attached hydrogens (primary N) is 1. The molecule has 86 valence electrons. The summed E-state index contributed by atoms with van der Waals surface area (Å²) in [6.07, 6.45) is 0.533. The van der Waals surface area contributed by atoms with Crippen LogP contribution in [0, 0.1) is 11.6 Å². The van der Waals surface area contributed by atoms with Gasteiger partial charge in [-0.05, 0) is 28.4 Å². The highest BCUT2D eigenvalue weighted by Gasteiger charge is 2.19. The van der Waals surface area contributed by atoms with Crippen LogP contribution in [0.15, 0.2) is 10.5 Å². The molecule has 0 aliphatic heterocycles. The van der Waals surface area contributed by atoms with Gasteiger partial charge >= 0.3 is 0 Å². The maximum Gasteiger partial charge on any atom is 0.201 e. The van der Waals surface area contributed by atoms with Gasteiger partial charge in [-0.1, -0.05) is 6.92 Å². The van der Waals surface area contributed by atoms with Gasteiger partial charge in [0.2, 0.25) is 5.82 Å². The van der Waals surface area contributed by atoms with Gasteiger partial charge < -0.3 is 10.8 Å². The molecule has 0 saturated carbocycles. The molecule has 0 spiro atoms. The lowest BCUT2D eigenvalue weighted by Crippen LogP contribution is -2.10. The largest absolute Gasteiger partial charge is 0.505 e. The molecule has 0 aliphatic rings. The van der Waals surface area contributed by atoms with Crippen molar-refractivity contribution in [2.45, 2.75) is 19.4 Å². The molecule has 15 heavy (non-hydrogen) atoms. The first-order chi connectivity index (χ1) is 6.49. The Morgan fingerprint density at radius 2 is 2.00 bits per heavy atom. The Bertz CT molecular complexity index is 362. The van der Waals surface area contributed by atoms with Gasteiger partial charge in [0.15, 0.2) is 11.6 Å². The number of halogens is 4. The topological polar surface area (TPSA) is 46.2 Å². The van der Waals surface area contributed by atoms with E-state index in [0.29, 0.717) is 6.42 Å². The number of hydrogen-bond acceptors (Lipinski definition) is 2. The van der Waals surface area contributed by atoms with Gasteiger partial charge in [-0.25, -0.2) is 4.39 Å². The Kier molecular flexibility index (Phi) is 5.48. The highest BCUT2D eigenvalue weighted by molar-refractivity contribution is 9.10. The molecule has 0 heterocycles. The summed E-state index contributed by atoms with van der Waals surface area (Å²) in [4.78, 5) is 0. The molecule has 1 aromatic rings. The fraction of sp³-hybridized carbons (Fsp3) is 0.333. The second kappa shape index (κ2) is 5.63. The standard InChI is InChI=1S/C9H10BrF2NO.ClH/c1-2-6(13)4-3-5(10)7(11)8(12)9(4)14;/h3,6,14H,2,13H2,1H3;1H/t6-;/m0./s1. The van der Waals surface area contributed by atoms with Crippen LogP contribution >= 0.6 is 28.3 Å². The molecule has 0 bridgehead atoms. The van der Waals surface area contributed by atoms with Crippen molar-refractivity contribution in [1.82, 2.24) is 0 Å². The molecule has 0 aromatic heterocycles. The van der Waals surface area contributed by atoms with Gasteiger partial charge in [-0.2, -0.15) is 4.39 Å². The molecular formula is C9H11BrClF2NO. The quantitative estimate of drug-likeness (QED) is 0.824. The maximum atomic E-state index is 13.0. The van der Waals surface area contributed by atoms with E-state index in [1.807, 2.05) is 0 Å². The van der Waals surface area contributed by atoms with Crippen LogP contribution in [0.1, 0.15) is 24.9 Å². The molecule has 6 heteroatoms. The second-order valence-corrected chi connectivity index (χ2v) is 3.79. The van der Waals surface area contributed by atoms with Crippen LogP contribution < -0.4 is 5.73 Å². The summed E-state index contributed by atoms with van der Waals surface area (Å²) in [6.45, 7) is 1.79. The third-order valence-electron chi connectivity index (χ3n) is 2.01. The number of hydrogen-bond donors (Lipinski definition) is 2. The van der Waals surface area contributed by atoms with Crippen molar-refractivity contribution in [2.75, 3.05) is 0 Å². The van der Waals surface area contributed by atoms with Crippen LogP contribution in [0.25, 0.3) is 0 Å². The van der Waals surface area contributed by atoms with E-state index in [4.69, 9.17) is 5.73 Å². The lowest BCUT2D eigenvalue weighted by molar-refractivity contribution is 0.395. The smallest absolute Gasteiger partial charge is 0.201 e. The highest BCUT2D eigenvalue weighted by Crippen LogP contribution is 2.33. The summed E-state index contributed by atoms with van der Waals surface area (Å²) in [5, 5.41) is 9.29. The third kappa shape index (κ3) is 2.80. The van der Waals surface area contributed by atoms with Crippen molar-refractivity contribution in [3.63, 3.8) is 0 Å². The average Bonchev–Trinajstić information content (AvgIpc) is 2.19. The number of aromatic hydroxyl groups is 1. The second-order valence-electron chi connectivity index (χ2n) is 2.94. The van der Waals surface area contributed by atoms with Gasteiger partial charge in [0.1, 0.15) is 0 Å². The minimum atomic E-state index is -1.27. The molecule has 0 radical (unpaired) electrons. The molecule has 0 fully saturated rings. The molecule has 3 N–H and O–H groups in total. The van der Waals surface area contributed by atoms with Crippen molar-refractivity contribution < 1.29 is 13.9 Å². The van der Waals surface area contributed by atoms with Crippen LogP contribution in [0.5, 0.6) is 5.75 Å². The van der Waals surface area contributed by atoms with Crippen LogP contribution in [0.2, 0.25) is 0 Å². The Balaban J connectivity index is 0.00000196. The normalized spacial score (nSPS) is 12.1. The van der Waals surface area contributed by atoms with Crippen molar-refractivity contribution in [1.29, 1.82) is 0 Å². The van der Waals surface area contributed by atoms with Crippen LogP contribution in [0.4, 0.5) is 8.78 Å². The van der Waals surface area contributed by atoms with E-state index in [2.05, 4.69) is 15.9 Å². The van der Waals surface area contributed by atoms with Gasteiger partial charge in [0.25, 0.3) is 0 Å². The third-order valence-corrected chi connectivity index (χ3v) is 2.58. The van der Waals surface area contributed by atoms with Gasteiger partial charge in [-0.3, -0.25) is 0 Å². The Labute approximate surface area is 101 Å². The number of phenols is 1. The summed E-state index contributed by atoms with van der Waals surface area (Å²) in [6, 6.07) is 0.795. The predicted octanol–water partition coefficient (Wildman–Crippen LogP) is 3.26. The van der Waals surface area contributed by atoms with Crippen molar-refractivity contribution in [3.8, 4) is 5.75 Å². The van der Waals surface area contributed by atoms with E-state index in [1.165, 1.54) is 6.07 Å². The SMILES string of the molecule is CC[C@H](N)c1cc(Br)c(F)c(F)c1O.Cl. The number of phenolic OH excluding ortho intramolecular Hbond substituents is 1. The molecule has 0 aliphatic carbocycles. The van der Waals surface area contributed by atoms with E-state index >= 15 is 0 Å². The van der Waals surface area contributed by atoms with E-state index < -0.39 is 23.4 Å². The minimum Gasteiger partial charge on any atom is -0.505 e. The monoisotopic (exact) mass is 301 g/mol. The average molecular weight is 303 g/mol. The lowest BCUT2D eigenvalue weighted by atomic mass is 10.0. The van der Waals surface area contributed by atoms with Gasteiger partial charge in [0.05, 0.1) is 4.47 Å². The zero-order valence-corrected chi connectivity index (χ0v) is 10.3. The fourth-order valence-corrected chi connectivity index (χ4v) is 1.53. The first-order valence-electron chi connectivity index (χ1n) is 4.11. The predicted molar refractivity (Wildman–Crippen MR) is 60.2 cm³/mol. The summed E-state index contributed by atoms with van der Waals surface area (Å²) >= 11 is 2.85. The molecule has 2 nitrogen and oxygen atoms in total. The molecule has 1 aromatic carbocycles. The fourth-order valence-electron chi connectivity index (χ4n) is 1.11. The van der Waals surface area contributed by atoms with E-state index in [1.54, 1.807) is 6.92 Å². The summed E-state index contributed by atoms with van der Waals surface area (Å²) in [5.74, 6) is -3.08. The lowest BCUT2D eigenvalue weighted by Gasteiger charge is -2.12. The zero-order chi connectivity index (χ0) is 10.9. The molecule has 0 amide bonds. The highest BCUT2D eigenvalue weighted by atomic mass is 79.9. The molecule has 1 atom stereocenters. The van der Waals surface area contributed by atoms with Crippen molar-refractivity contribution in [2.24, 2.45) is 5.73 Å². The summed E-state index contributed by atoms with van der Waals surface area (Å²) in [7, 11) is 0. The maximum absolute atomic E-state index is 13.0. The Morgan fingerprint density at radius 3 is 2.47 bits per heavy atom. The Hall–Kier alpha value is -0.390. The Morgan fingerprint density at radius 1 is 1.47 bits per heavy atom. The first-order valence-corrected chi connectivity index (χ1v) is 4.90. The van der Waals surface area contributed by atoms with E-state index in [0.717, 1.165) is 0 Å². The zero-order valence-electron chi connectivity index (χ0n) is 7.93. The first kappa shape index (κ1) is 14.6. The van der Waals surface area contributed by atoms with Crippen LogP contribution in [-0.4, -0.2) is 5.11 Å². The van der Waals surface area contributed by atoms with Gasteiger partial charge in [-0.15, -0.1) is 12.4 Å². The molecule has 0 unspecified atom stereocenters.